The average Bonchev–Trinajstić information content (AvgIpc) is 2.96. The molecule has 0 amide bonds. The van der Waals surface area contributed by atoms with E-state index in [0.29, 0.717) is 6.04 Å². The topological polar surface area (TPSA) is 29.9 Å². The van der Waals surface area contributed by atoms with Gasteiger partial charge in [0.25, 0.3) is 0 Å². The highest BCUT2D eigenvalue weighted by molar-refractivity contribution is 7.12. The van der Waals surface area contributed by atoms with Crippen LogP contribution in [0.1, 0.15) is 41.0 Å². The third kappa shape index (κ3) is 3.25. The number of thiophene rings is 1. The summed E-state index contributed by atoms with van der Waals surface area (Å²) in [5.41, 5.74) is 1.39. The smallest absolute Gasteiger partial charge is 0.110 e. The maximum Gasteiger partial charge on any atom is 0.110 e. The van der Waals surface area contributed by atoms with Crippen LogP contribution in [-0.4, -0.2) is 16.1 Å². The average molecular weight is 277 g/mol. The molecular weight excluding hydrogens is 254 g/mol. The van der Waals surface area contributed by atoms with Crippen molar-refractivity contribution in [1.82, 2.24) is 14.9 Å². The number of nitrogens with zero attached hydrogens (tertiary/aromatic N) is 2. The fourth-order valence-corrected chi connectivity index (χ4v) is 3.41. The van der Waals surface area contributed by atoms with Crippen molar-refractivity contribution in [2.45, 2.75) is 46.7 Å². The molecule has 1 N–H and O–H groups in total. The Morgan fingerprint density at radius 3 is 2.74 bits per heavy atom. The number of aryl methyl sites for hydroxylation is 3. The van der Waals surface area contributed by atoms with E-state index in [4.69, 9.17) is 0 Å². The number of nitrogens with one attached hydrogen (secondary N) is 1. The van der Waals surface area contributed by atoms with Gasteiger partial charge in [0.2, 0.25) is 0 Å². The van der Waals surface area contributed by atoms with Gasteiger partial charge in [-0.1, -0.05) is 6.92 Å². The second kappa shape index (κ2) is 6.35. The first-order valence-electron chi connectivity index (χ1n) is 6.96. The van der Waals surface area contributed by atoms with E-state index in [1.54, 1.807) is 0 Å². The van der Waals surface area contributed by atoms with Crippen LogP contribution < -0.4 is 5.32 Å². The largest absolute Gasteiger partial charge is 0.335 e. The first-order chi connectivity index (χ1) is 9.15. The zero-order chi connectivity index (χ0) is 13.8. The molecule has 2 heterocycles. The van der Waals surface area contributed by atoms with Crippen LogP contribution in [0.25, 0.3) is 0 Å². The van der Waals surface area contributed by atoms with Gasteiger partial charge in [0, 0.05) is 41.2 Å². The number of aromatic nitrogens is 2. The lowest BCUT2D eigenvalue weighted by molar-refractivity contribution is 0.529. The molecule has 4 heteroatoms. The van der Waals surface area contributed by atoms with E-state index in [0.717, 1.165) is 25.3 Å². The van der Waals surface area contributed by atoms with Crippen molar-refractivity contribution in [3.8, 4) is 0 Å². The van der Waals surface area contributed by atoms with Crippen LogP contribution in [0, 0.1) is 13.8 Å². The van der Waals surface area contributed by atoms with E-state index < -0.39 is 0 Å². The summed E-state index contributed by atoms with van der Waals surface area (Å²) < 4.78 is 2.22. The molecule has 19 heavy (non-hydrogen) atoms. The van der Waals surface area contributed by atoms with Gasteiger partial charge in [0.05, 0.1) is 0 Å². The Morgan fingerprint density at radius 1 is 1.37 bits per heavy atom. The zero-order valence-corrected chi connectivity index (χ0v) is 13.0. The predicted octanol–water partition coefficient (Wildman–Crippen LogP) is 3.47. The van der Waals surface area contributed by atoms with Gasteiger partial charge in [-0.2, -0.15) is 0 Å². The molecule has 0 aliphatic carbocycles. The van der Waals surface area contributed by atoms with Crippen molar-refractivity contribution in [2.75, 3.05) is 6.54 Å². The lowest BCUT2D eigenvalue weighted by Gasteiger charge is -2.16. The minimum atomic E-state index is 0.370. The third-order valence-electron chi connectivity index (χ3n) is 3.51. The summed E-state index contributed by atoms with van der Waals surface area (Å²) >= 11 is 1.90. The zero-order valence-electron chi connectivity index (χ0n) is 12.2. The van der Waals surface area contributed by atoms with Crippen LogP contribution in [0.4, 0.5) is 0 Å². The number of rotatable bonds is 6. The van der Waals surface area contributed by atoms with Crippen LogP contribution in [0.2, 0.25) is 0 Å². The first kappa shape index (κ1) is 14.3. The lowest BCUT2D eigenvalue weighted by Crippen LogP contribution is -2.23. The molecule has 0 aliphatic heterocycles. The number of imidazole rings is 1. The summed E-state index contributed by atoms with van der Waals surface area (Å²) in [5.74, 6) is 1.16. The molecule has 0 spiro atoms. The van der Waals surface area contributed by atoms with E-state index >= 15 is 0 Å². The third-order valence-corrected chi connectivity index (χ3v) is 4.77. The summed E-state index contributed by atoms with van der Waals surface area (Å²) in [6.07, 6.45) is 4.91. The molecule has 0 fully saturated rings. The van der Waals surface area contributed by atoms with Gasteiger partial charge in [0.15, 0.2) is 0 Å². The summed E-state index contributed by atoms with van der Waals surface area (Å²) in [6.45, 7) is 10.7. The molecule has 0 aromatic carbocycles. The highest BCUT2D eigenvalue weighted by Crippen LogP contribution is 2.28. The molecule has 0 saturated carbocycles. The van der Waals surface area contributed by atoms with Crippen molar-refractivity contribution in [3.63, 3.8) is 0 Å². The van der Waals surface area contributed by atoms with Gasteiger partial charge in [-0.25, -0.2) is 4.98 Å². The molecule has 0 saturated heterocycles. The molecule has 2 aromatic heterocycles. The van der Waals surface area contributed by atoms with Gasteiger partial charge >= 0.3 is 0 Å². The van der Waals surface area contributed by atoms with Gasteiger partial charge in [-0.05, 0) is 38.9 Å². The second-order valence-electron chi connectivity index (χ2n) is 4.83. The first-order valence-corrected chi connectivity index (χ1v) is 7.77. The molecule has 3 nitrogen and oxygen atoms in total. The van der Waals surface area contributed by atoms with Crippen molar-refractivity contribution >= 4 is 11.3 Å². The molecule has 0 bridgehead atoms. The van der Waals surface area contributed by atoms with Crippen molar-refractivity contribution in [1.29, 1.82) is 0 Å². The van der Waals surface area contributed by atoms with E-state index in [9.17, 15) is 0 Å². The Kier molecular flexibility index (Phi) is 4.77. The SMILES string of the molecule is CCNC(Cc1nccn1CC)c1cc(C)c(C)s1. The van der Waals surface area contributed by atoms with E-state index in [1.165, 1.54) is 15.3 Å². The Labute approximate surface area is 119 Å². The minimum absolute atomic E-state index is 0.370. The summed E-state index contributed by atoms with van der Waals surface area (Å²) in [5, 5.41) is 3.59. The fourth-order valence-electron chi connectivity index (χ4n) is 2.29. The second-order valence-corrected chi connectivity index (χ2v) is 6.12. The summed E-state index contributed by atoms with van der Waals surface area (Å²) in [6, 6.07) is 2.68. The van der Waals surface area contributed by atoms with Gasteiger partial charge in [-0.3, -0.25) is 0 Å². The molecule has 1 atom stereocenters. The monoisotopic (exact) mass is 277 g/mol. The van der Waals surface area contributed by atoms with Crippen molar-refractivity contribution in [2.24, 2.45) is 0 Å². The molecule has 104 valence electrons. The summed E-state index contributed by atoms with van der Waals surface area (Å²) in [7, 11) is 0. The van der Waals surface area contributed by atoms with Gasteiger partial charge in [-0.15, -0.1) is 11.3 Å². The fraction of sp³-hybridized carbons (Fsp3) is 0.533. The van der Waals surface area contributed by atoms with Gasteiger partial charge in [0.1, 0.15) is 5.82 Å². The van der Waals surface area contributed by atoms with E-state index in [-0.39, 0.29) is 0 Å². The number of likely N-dealkylation sites (N-methyl/N-ethyl adjacent to an activating group) is 1. The molecule has 0 aliphatic rings. The van der Waals surface area contributed by atoms with Crippen LogP contribution >= 0.6 is 11.3 Å². The molecular formula is C15H23N3S. The maximum absolute atomic E-state index is 4.49. The minimum Gasteiger partial charge on any atom is -0.335 e. The molecule has 2 aromatic rings. The normalized spacial score (nSPS) is 12.8. The Bertz CT molecular complexity index is 508. The molecule has 1 unspecified atom stereocenters. The Balaban J connectivity index is 2.21. The summed E-state index contributed by atoms with van der Waals surface area (Å²) in [4.78, 5) is 7.32. The molecule has 0 radical (unpaired) electrons. The lowest BCUT2D eigenvalue weighted by atomic mass is 10.1. The molecule has 2 rings (SSSR count). The quantitative estimate of drug-likeness (QED) is 0.876. The van der Waals surface area contributed by atoms with Crippen LogP contribution in [0.5, 0.6) is 0 Å². The van der Waals surface area contributed by atoms with E-state index in [2.05, 4.69) is 54.8 Å². The predicted molar refractivity (Wildman–Crippen MR) is 81.8 cm³/mol. The highest BCUT2D eigenvalue weighted by Gasteiger charge is 2.16. The van der Waals surface area contributed by atoms with Gasteiger partial charge < -0.3 is 9.88 Å². The van der Waals surface area contributed by atoms with Crippen LogP contribution in [-0.2, 0) is 13.0 Å². The number of hydrogen-bond donors (Lipinski definition) is 1. The number of hydrogen-bond acceptors (Lipinski definition) is 3. The van der Waals surface area contributed by atoms with Crippen LogP contribution in [0.15, 0.2) is 18.5 Å². The Hall–Kier alpha value is -1.13. The van der Waals surface area contributed by atoms with E-state index in [1.807, 2.05) is 17.5 Å². The van der Waals surface area contributed by atoms with Crippen molar-refractivity contribution in [3.05, 3.63) is 39.6 Å². The standard InChI is InChI=1S/C15H23N3S/c1-5-16-13(14-9-11(3)12(4)19-14)10-15-17-7-8-18(15)6-2/h7-9,13,16H,5-6,10H2,1-4H3. The van der Waals surface area contributed by atoms with Crippen LogP contribution in [0.3, 0.4) is 0 Å². The Morgan fingerprint density at radius 2 is 2.16 bits per heavy atom. The highest BCUT2D eigenvalue weighted by atomic mass is 32.1. The maximum atomic E-state index is 4.49. The van der Waals surface area contributed by atoms with Crippen molar-refractivity contribution < 1.29 is 0 Å².